The van der Waals surface area contributed by atoms with Crippen LogP contribution < -0.4 is 11.1 Å². The quantitative estimate of drug-likeness (QED) is 0.114. The van der Waals surface area contributed by atoms with Crippen molar-refractivity contribution in [1.82, 2.24) is 50.1 Å². The van der Waals surface area contributed by atoms with E-state index in [-0.39, 0.29) is 44.7 Å². The molecule has 64 heavy (non-hydrogen) atoms. The molecule has 7 fully saturated rings. The molecule has 4 bridgehead atoms. The zero-order chi connectivity index (χ0) is 43.4. The van der Waals surface area contributed by atoms with Gasteiger partial charge in [0.1, 0.15) is 39.4 Å². The zero-order valence-corrected chi connectivity index (χ0v) is 35.8. The van der Waals surface area contributed by atoms with Crippen LogP contribution in [0.1, 0.15) is 95.4 Å². The maximum absolute atomic E-state index is 12.6. The van der Waals surface area contributed by atoms with Crippen molar-refractivity contribution in [2.45, 2.75) is 116 Å². The first-order valence-electron chi connectivity index (χ1n) is 21.0. The van der Waals surface area contributed by atoms with Crippen molar-refractivity contribution in [1.29, 1.82) is 0 Å². The highest BCUT2D eigenvalue weighted by Crippen LogP contribution is 2.41. The van der Waals surface area contributed by atoms with Gasteiger partial charge in [-0.3, -0.25) is 29.6 Å². The smallest absolute Gasteiger partial charge is 0.335 e. The fourth-order valence-corrected chi connectivity index (χ4v) is 11.6. The molecular formula is C43H58N10O9S2. The topological polar surface area (TPSA) is 283 Å². The molecule has 13 rings (SSSR count). The second-order valence-corrected chi connectivity index (χ2v) is 19.0. The fourth-order valence-electron chi connectivity index (χ4n) is 9.50. The van der Waals surface area contributed by atoms with Crippen LogP contribution >= 0.6 is 22.7 Å². The lowest BCUT2D eigenvalue weighted by molar-refractivity contribution is -0.223. The second kappa shape index (κ2) is 19.4. The minimum absolute atomic E-state index is 0. The zero-order valence-electron chi connectivity index (χ0n) is 34.2. The number of ether oxygens (including phenoxy) is 1. The molecule has 21 heteroatoms. The number of hydrogen-bond donors (Lipinski definition) is 9. The summed E-state index contributed by atoms with van der Waals surface area (Å²) in [4.78, 5) is 58.2. The summed E-state index contributed by atoms with van der Waals surface area (Å²) in [6, 6.07) is 4.45. The summed E-state index contributed by atoms with van der Waals surface area (Å²) < 4.78 is 6.11. The summed E-state index contributed by atoms with van der Waals surface area (Å²) in [7, 11) is 0. The van der Waals surface area contributed by atoms with Crippen molar-refractivity contribution in [2.75, 3.05) is 26.2 Å². The molecule has 5 unspecified atom stereocenters. The number of aliphatic hydroxyl groups is 4. The Bertz CT molecular complexity index is 2670. The van der Waals surface area contributed by atoms with E-state index < -0.39 is 36.5 Å². The van der Waals surface area contributed by atoms with Gasteiger partial charge in [0.15, 0.2) is 6.10 Å². The number of aryl methyl sites for hydroxylation is 1. The normalized spacial score (nSPS) is 29.2. The van der Waals surface area contributed by atoms with E-state index in [1.165, 1.54) is 55.3 Å². The van der Waals surface area contributed by atoms with Crippen LogP contribution in [-0.4, -0.2) is 138 Å². The van der Waals surface area contributed by atoms with E-state index in [0.717, 1.165) is 100 Å². The number of rotatable bonds is 6. The van der Waals surface area contributed by atoms with Crippen LogP contribution in [0.4, 0.5) is 0 Å². The molecule has 0 amide bonds. The minimum Gasteiger partial charge on any atom is -0.479 e. The monoisotopic (exact) mass is 922 g/mol. The van der Waals surface area contributed by atoms with Crippen LogP contribution in [0.3, 0.4) is 0 Å². The van der Waals surface area contributed by atoms with E-state index in [2.05, 4.69) is 40.2 Å². The Morgan fingerprint density at radius 3 is 1.69 bits per heavy atom. The summed E-state index contributed by atoms with van der Waals surface area (Å²) >= 11 is 2.88. The molecule has 7 aliphatic rings. The van der Waals surface area contributed by atoms with Crippen LogP contribution in [0, 0.1) is 18.8 Å². The summed E-state index contributed by atoms with van der Waals surface area (Å²) in [5.74, 6) is 1.82. The van der Waals surface area contributed by atoms with E-state index in [9.17, 15) is 34.8 Å². The van der Waals surface area contributed by atoms with E-state index in [1.54, 1.807) is 12.4 Å². The average molecular weight is 923 g/mol. The van der Waals surface area contributed by atoms with Crippen molar-refractivity contribution >= 4 is 49.1 Å². The number of nitrogens with zero attached hydrogens (tertiary/aromatic N) is 6. The van der Waals surface area contributed by atoms with Crippen molar-refractivity contribution in [2.24, 2.45) is 11.8 Å². The molecule has 0 spiro atoms. The first-order chi connectivity index (χ1) is 29.9. The molecule has 13 heterocycles. The SMILES string of the molecule is C.C.CC1OC(C(=O)O)C(O)C(O)C1O.Cc1[nH]ncc1-c1cc2nc([C@@H]3CC4CCN3CC4)[nH]c(=O)c2s1.O=c1[nH]c([C@@H]2CC3CCN2CC3)nc2cc(-c3cn[nH]c3CO)sc12. The lowest BCUT2D eigenvalue weighted by Gasteiger charge is -2.44. The van der Waals surface area contributed by atoms with Gasteiger partial charge in [0.05, 0.1) is 53.9 Å². The van der Waals surface area contributed by atoms with Crippen molar-refractivity contribution in [3.05, 3.63) is 68.3 Å². The Morgan fingerprint density at radius 2 is 1.25 bits per heavy atom. The van der Waals surface area contributed by atoms with E-state index in [1.807, 2.05) is 19.1 Å². The first kappa shape index (κ1) is 47.3. The Kier molecular flexibility index (Phi) is 14.3. The molecule has 7 saturated heterocycles. The number of H-pyrrole nitrogens is 4. The lowest BCUT2D eigenvalue weighted by atomic mass is 9.83. The number of thiophene rings is 2. The molecule has 0 radical (unpaired) electrons. The second-order valence-electron chi connectivity index (χ2n) is 16.9. The van der Waals surface area contributed by atoms with Crippen molar-refractivity contribution in [3.63, 3.8) is 0 Å². The number of carboxylic acid groups (broad SMARTS) is 1. The molecule has 7 aliphatic heterocycles. The predicted molar refractivity (Wildman–Crippen MR) is 243 cm³/mol. The summed E-state index contributed by atoms with van der Waals surface area (Å²) in [6.07, 6.45) is 4.15. The summed E-state index contributed by atoms with van der Waals surface area (Å²) in [5, 5.41) is 59.3. The Morgan fingerprint density at radius 1 is 0.766 bits per heavy atom. The average Bonchev–Trinajstić information content (AvgIpc) is 4.12. The standard InChI is InChI=1S/C17H19N5O2S.C17H19N5OS.C7H12O6.2CH4/c23-8-12-10(7-18-21-12)14-6-11-15(25-14)17(24)20-16(19-11)13-5-9-1-3-22(13)4-2-9;1-9-11(8-18-21-9)14-7-12-15(24-14)17(23)20-16(19-12)13-6-10-2-4-22(13)5-3-10;1-2-3(8)4(9)5(10)6(13-2)7(11)12;;/h6-7,9,13,23H,1-5,8H2,(H,18,21)(H,19,20,24);7-8,10,13H,2-6H2,1H3,(H,18,21)(H,19,20,23);2-6,8-10H,1H3,(H,11,12);2*1H4/t2*13-;;;/m00.../s1. The number of aliphatic hydroxyl groups excluding tert-OH is 4. The van der Waals surface area contributed by atoms with E-state index in [0.29, 0.717) is 15.1 Å². The maximum atomic E-state index is 12.6. The highest BCUT2D eigenvalue weighted by atomic mass is 32.1. The van der Waals surface area contributed by atoms with Gasteiger partial charge in [-0.25, -0.2) is 14.8 Å². The van der Waals surface area contributed by atoms with Gasteiger partial charge in [-0.05, 0) is 103 Å². The number of piperidine rings is 6. The fraction of sp³-hybridized carbons (Fsp3) is 0.558. The number of aromatic amines is 4. The van der Waals surface area contributed by atoms with Crippen LogP contribution in [0.2, 0.25) is 0 Å². The van der Waals surface area contributed by atoms with Crippen LogP contribution in [-0.2, 0) is 16.1 Å². The molecule has 6 aromatic rings. The Balaban J connectivity index is 0.000000149. The van der Waals surface area contributed by atoms with Crippen LogP contribution in [0.5, 0.6) is 0 Å². The third kappa shape index (κ3) is 9.09. The van der Waals surface area contributed by atoms with Crippen LogP contribution in [0.15, 0.2) is 34.1 Å². The minimum atomic E-state index is -1.59. The highest BCUT2D eigenvalue weighted by Gasteiger charge is 2.45. The lowest BCUT2D eigenvalue weighted by Crippen LogP contribution is -2.58. The van der Waals surface area contributed by atoms with E-state index in [4.69, 9.17) is 19.8 Å². The van der Waals surface area contributed by atoms with Gasteiger partial charge in [0.25, 0.3) is 11.1 Å². The first-order valence-corrected chi connectivity index (χ1v) is 22.6. The number of aliphatic carboxylic acids is 1. The molecule has 0 aliphatic carbocycles. The number of nitrogens with one attached hydrogen (secondary N) is 4. The van der Waals surface area contributed by atoms with E-state index >= 15 is 0 Å². The Labute approximate surface area is 376 Å². The Hall–Kier alpha value is -4.71. The third-order valence-electron chi connectivity index (χ3n) is 13.1. The van der Waals surface area contributed by atoms with Gasteiger partial charge >= 0.3 is 5.97 Å². The van der Waals surface area contributed by atoms with Gasteiger partial charge in [0, 0.05) is 26.6 Å². The van der Waals surface area contributed by atoms with Gasteiger partial charge in [-0.1, -0.05) is 14.9 Å². The van der Waals surface area contributed by atoms with Gasteiger partial charge in [0.2, 0.25) is 0 Å². The molecule has 0 saturated carbocycles. The molecular weight excluding hydrogens is 865 g/mol. The molecule has 19 nitrogen and oxygen atoms in total. The van der Waals surface area contributed by atoms with Crippen molar-refractivity contribution in [3.8, 4) is 20.9 Å². The number of carbonyl (C=O) groups is 1. The third-order valence-corrected chi connectivity index (χ3v) is 15.4. The van der Waals surface area contributed by atoms with Gasteiger partial charge in [-0.2, -0.15) is 10.2 Å². The largest absolute Gasteiger partial charge is 0.479 e. The van der Waals surface area contributed by atoms with Gasteiger partial charge < -0.3 is 40.2 Å². The summed E-state index contributed by atoms with van der Waals surface area (Å²) in [6.45, 7) is 7.75. The predicted octanol–water partition coefficient (Wildman–Crippen LogP) is 4.08. The number of fused-ring (bicyclic) bond motifs is 8. The van der Waals surface area contributed by atoms with Crippen molar-refractivity contribution < 1.29 is 35.1 Å². The molecule has 9 N–H and O–H groups in total. The van der Waals surface area contributed by atoms with Crippen LogP contribution in [0.25, 0.3) is 41.3 Å². The van der Waals surface area contributed by atoms with Gasteiger partial charge in [-0.15, -0.1) is 22.7 Å². The molecule has 346 valence electrons. The maximum Gasteiger partial charge on any atom is 0.335 e. The highest BCUT2D eigenvalue weighted by molar-refractivity contribution is 7.22. The molecule has 6 aromatic heterocycles. The number of aromatic nitrogens is 8. The number of hydrogen-bond acceptors (Lipinski definition) is 16. The molecule has 7 atom stereocenters. The number of carboxylic acids is 1. The molecule has 0 aromatic carbocycles. The summed E-state index contributed by atoms with van der Waals surface area (Å²) in [5.41, 5.74) is 4.96.